The summed E-state index contributed by atoms with van der Waals surface area (Å²) in [7, 11) is 0. The van der Waals surface area contributed by atoms with Gasteiger partial charge in [0.25, 0.3) is 5.56 Å². The Morgan fingerprint density at radius 1 is 1.37 bits per heavy atom. The molecule has 1 aliphatic rings. The van der Waals surface area contributed by atoms with Gasteiger partial charge >= 0.3 is 0 Å². The van der Waals surface area contributed by atoms with E-state index in [2.05, 4.69) is 6.92 Å². The summed E-state index contributed by atoms with van der Waals surface area (Å²) in [4.78, 5) is 32.9. The quantitative estimate of drug-likeness (QED) is 0.677. The minimum atomic E-state index is -0.519. The van der Waals surface area contributed by atoms with Crippen LogP contribution in [-0.2, 0) is 17.9 Å². The zero-order valence-electron chi connectivity index (χ0n) is 15.2. The van der Waals surface area contributed by atoms with Crippen molar-refractivity contribution in [2.24, 2.45) is 11.7 Å². The molecule has 3 aromatic rings. The predicted octanol–water partition coefficient (Wildman–Crippen LogP) is 1.49. The molecule has 3 N–H and O–H groups in total. The molecule has 1 saturated heterocycles. The van der Waals surface area contributed by atoms with Crippen LogP contribution in [0.1, 0.15) is 25.6 Å². The Bertz CT molecular complexity index is 1010. The molecule has 3 aromatic heterocycles. The van der Waals surface area contributed by atoms with Crippen LogP contribution in [0.4, 0.5) is 0 Å². The van der Waals surface area contributed by atoms with Crippen molar-refractivity contribution in [2.45, 2.75) is 32.9 Å². The van der Waals surface area contributed by atoms with Crippen LogP contribution < -0.4 is 16.2 Å². The van der Waals surface area contributed by atoms with Gasteiger partial charge in [-0.25, -0.2) is 4.98 Å². The van der Waals surface area contributed by atoms with Crippen molar-refractivity contribution in [1.82, 2.24) is 9.55 Å². The van der Waals surface area contributed by atoms with Crippen molar-refractivity contribution < 1.29 is 9.69 Å². The number of carbonyl (C=O) groups excluding carboxylic acids is 1. The summed E-state index contributed by atoms with van der Waals surface area (Å²) in [6.45, 7) is 4.94. The third-order valence-corrected chi connectivity index (χ3v) is 7.04. The molecule has 0 radical (unpaired) electrons. The molecule has 6 nitrogen and oxygen atoms in total. The van der Waals surface area contributed by atoms with Gasteiger partial charge in [0, 0.05) is 15.8 Å². The number of amides is 1. The van der Waals surface area contributed by atoms with Crippen LogP contribution in [0.5, 0.6) is 0 Å². The third-order valence-electron chi connectivity index (χ3n) is 5.26. The lowest BCUT2D eigenvalue weighted by atomic mass is 9.99. The molecule has 8 heteroatoms. The number of piperidine rings is 1. The normalized spacial score (nSPS) is 20.2. The zero-order chi connectivity index (χ0) is 19.0. The number of nitrogens with two attached hydrogens (primary N) is 1. The van der Waals surface area contributed by atoms with Crippen LogP contribution in [0.15, 0.2) is 27.7 Å². The van der Waals surface area contributed by atoms with Gasteiger partial charge in [-0.1, -0.05) is 13.0 Å². The lowest BCUT2D eigenvalue weighted by molar-refractivity contribution is -0.920. The number of carbonyl (C=O) groups is 1. The molecule has 0 bridgehead atoms. The minimum absolute atomic E-state index is 0.124. The van der Waals surface area contributed by atoms with Gasteiger partial charge in [-0.2, -0.15) is 0 Å². The Hall–Kier alpha value is -2.03. The summed E-state index contributed by atoms with van der Waals surface area (Å²) in [5, 5.41) is 4.57. The second-order valence-corrected chi connectivity index (χ2v) is 9.11. The van der Waals surface area contributed by atoms with Gasteiger partial charge in [-0.15, -0.1) is 22.7 Å². The molecular formula is C19H23N4O2S2+. The van der Waals surface area contributed by atoms with Crippen LogP contribution >= 0.6 is 22.7 Å². The Morgan fingerprint density at radius 3 is 2.81 bits per heavy atom. The zero-order valence-corrected chi connectivity index (χ0v) is 16.9. The molecule has 0 saturated carbocycles. The van der Waals surface area contributed by atoms with Gasteiger partial charge in [-0.3, -0.25) is 14.2 Å². The topological polar surface area (TPSA) is 82.4 Å². The highest BCUT2D eigenvalue weighted by Gasteiger charge is 2.24. The van der Waals surface area contributed by atoms with Crippen molar-refractivity contribution >= 4 is 38.8 Å². The molecule has 4 rings (SSSR count). The van der Waals surface area contributed by atoms with Crippen LogP contribution in [0, 0.1) is 5.92 Å². The number of aromatic nitrogens is 2. The SMILES string of the molecule is CC1CC[NH+](Cc2nc3scc(-c4cccs4)c3c(=O)n2CC(N)=O)CC1. The lowest BCUT2D eigenvalue weighted by Crippen LogP contribution is -3.11. The average Bonchev–Trinajstić information content (AvgIpc) is 3.29. The molecule has 0 aliphatic carbocycles. The summed E-state index contributed by atoms with van der Waals surface area (Å²) in [5.74, 6) is 0.896. The fourth-order valence-electron chi connectivity index (χ4n) is 3.70. The maximum Gasteiger partial charge on any atom is 0.263 e. The van der Waals surface area contributed by atoms with E-state index in [1.165, 1.54) is 33.6 Å². The molecule has 0 spiro atoms. The van der Waals surface area contributed by atoms with Gasteiger partial charge in [0.05, 0.1) is 18.5 Å². The van der Waals surface area contributed by atoms with E-state index in [1.54, 1.807) is 11.3 Å². The van der Waals surface area contributed by atoms with Crippen molar-refractivity contribution in [3.05, 3.63) is 39.1 Å². The molecule has 0 unspecified atom stereocenters. The van der Waals surface area contributed by atoms with Crippen molar-refractivity contribution in [2.75, 3.05) is 13.1 Å². The van der Waals surface area contributed by atoms with Crippen LogP contribution in [0.2, 0.25) is 0 Å². The Morgan fingerprint density at radius 2 is 2.15 bits per heavy atom. The van der Waals surface area contributed by atoms with E-state index in [4.69, 9.17) is 10.7 Å². The number of nitrogens with zero attached hydrogens (tertiary/aromatic N) is 2. The van der Waals surface area contributed by atoms with Gasteiger partial charge in [-0.05, 0) is 30.2 Å². The first-order valence-corrected chi connectivity index (χ1v) is 11.0. The van der Waals surface area contributed by atoms with Gasteiger partial charge in [0.1, 0.15) is 17.9 Å². The van der Waals surface area contributed by atoms with E-state index in [-0.39, 0.29) is 12.1 Å². The van der Waals surface area contributed by atoms with Gasteiger partial charge in [0.2, 0.25) is 5.91 Å². The molecule has 1 amide bonds. The Labute approximate surface area is 165 Å². The molecule has 0 aromatic carbocycles. The second kappa shape index (κ2) is 7.53. The second-order valence-electron chi connectivity index (χ2n) is 7.30. The maximum absolute atomic E-state index is 13.3. The average molecular weight is 404 g/mol. The van der Waals surface area contributed by atoms with Gasteiger partial charge < -0.3 is 10.6 Å². The van der Waals surface area contributed by atoms with Crippen molar-refractivity contribution in [1.29, 1.82) is 0 Å². The summed E-state index contributed by atoms with van der Waals surface area (Å²) >= 11 is 3.08. The van der Waals surface area contributed by atoms with E-state index >= 15 is 0 Å². The number of likely N-dealkylation sites (tertiary alicyclic amines) is 1. The Kier molecular flexibility index (Phi) is 5.12. The van der Waals surface area contributed by atoms with E-state index < -0.39 is 5.91 Å². The van der Waals surface area contributed by atoms with Crippen LogP contribution in [0.3, 0.4) is 0 Å². The third kappa shape index (κ3) is 3.69. The first kappa shape index (κ1) is 18.3. The maximum atomic E-state index is 13.3. The lowest BCUT2D eigenvalue weighted by Gasteiger charge is -2.27. The summed E-state index contributed by atoms with van der Waals surface area (Å²) < 4.78 is 1.49. The fourth-order valence-corrected chi connectivity index (χ4v) is 5.48. The minimum Gasteiger partial charge on any atom is -0.368 e. The first-order chi connectivity index (χ1) is 13.0. The number of primary amides is 1. The number of fused-ring (bicyclic) bond motifs is 1. The van der Waals surface area contributed by atoms with Gasteiger partial charge in [0.15, 0.2) is 5.82 Å². The predicted molar refractivity (Wildman–Crippen MR) is 109 cm³/mol. The first-order valence-electron chi connectivity index (χ1n) is 9.19. The number of nitrogens with one attached hydrogen (secondary N) is 1. The van der Waals surface area contributed by atoms with Crippen molar-refractivity contribution in [3.8, 4) is 10.4 Å². The molecule has 1 fully saturated rings. The molecule has 4 heterocycles. The summed E-state index contributed by atoms with van der Waals surface area (Å²) in [5.41, 5.74) is 6.17. The van der Waals surface area contributed by atoms with Crippen LogP contribution in [-0.4, -0.2) is 28.5 Å². The smallest absolute Gasteiger partial charge is 0.263 e. The number of quaternary nitrogens is 1. The van der Waals surface area contributed by atoms with Crippen LogP contribution in [0.25, 0.3) is 20.7 Å². The highest BCUT2D eigenvalue weighted by Crippen LogP contribution is 2.33. The fraction of sp³-hybridized carbons (Fsp3) is 0.421. The number of rotatable bonds is 5. The highest BCUT2D eigenvalue weighted by molar-refractivity contribution is 7.18. The standard InChI is InChI=1S/C19H22N4O2S2/c1-12-4-6-22(7-5-12)10-16-21-18-17(19(25)23(16)9-15(20)24)13(11-27-18)14-3-2-8-26-14/h2-3,8,11-12H,4-7,9-10H2,1H3,(H2,20,24)/p+1. The highest BCUT2D eigenvalue weighted by atomic mass is 32.1. The number of hydrogen-bond acceptors (Lipinski definition) is 5. The number of hydrogen-bond donors (Lipinski definition) is 2. The summed E-state index contributed by atoms with van der Waals surface area (Å²) in [6.07, 6.45) is 2.36. The summed E-state index contributed by atoms with van der Waals surface area (Å²) in [6, 6.07) is 3.96. The monoisotopic (exact) mass is 403 g/mol. The Balaban J connectivity index is 1.79. The van der Waals surface area contributed by atoms with Crippen molar-refractivity contribution in [3.63, 3.8) is 0 Å². The molecule has 142 valence electrons. The molecular weight excluding hydrogens is 380 g/mol. The van der Waals surface area contributed by atoms with E-state index in [0.29, 0.717) is 17.8 Å². The van der Waals surface area contributed by atoms with E-state index in [1.807, 2.05) is 22.9 Å². The molecule has 0 atom stereocenters. The molecule has 27 heavy (non-hydrogen) atoms. The largest absolute Gasteiger partial charge is 0.368 e. The number of thiophene rings is 2. The van der Waals surface area contributed by atoms with E-state index in [9.17, 15) is 9.59 Å². The molecule has 1 aliphatic heterocycles. The van der Waals surface area contributed by atoms with E-state index in [0.717, 1.165) is 34.3 Å².